The van der Waals surface area contributed by atoms with Crippen LogP contribution in [0.5, 0.6) is 5.75 Å². The predicted octanol–water partition coefficient (Wildman–Crippen LogP) is 3.56. The highest BCUT2D eigenvalue weighted by Crippen LogP contribution is 2.22. The van der Waals surface area contributed by atoms with Crippen molar-refractivity contribution in [1.29, 1.82) is 0 Å². The van der Waals surface area contributed by atoms with Crippen molar-refractivity contribution in [1.82, 2.24) is 0 Å². The first kappa shape index (κ1) is 14.1. The molecule has 2 N–H and O–H groups in total. The van der Waals surface area contributed by atoms with Crippen LogP contribution in [0.15, 0.2) is 24.3 Å². The molecule has 0 heterocycles. The molecule has 0 aliphatic carbocycles. The molecule has 0 aliphatic rings. The van der Waals surface area contributed by atoms with Gasteiger partial charge in [0.2, 0.25) is 14.7 Å². The molecule has 1 atom stereocenters. The Hall–Kier alpha value is -0.943. The molecule has 0 aliphatic heterocycles. The minimum Gasteiger partial charge on any atom is -0.544 e. The average molecular weight is 259 g/mol. The van der Waals surface area contributed by atoms with Crippen molar-refractivity contribution in [2.45, 2.75) is 38.5 Å². The summed E-state index contributed by atoms with van der Waals surface area (Å²) in [6.45, 7) is 6.26. The maximum atomic E-state index is 12.2. The number of hydrogen-bond donors (Lipinski definition) is 1. The highest BCUT2D eigenvalue weighted by Gasteiger charge is 2.17. The van der Waals surface area contributed by atoms with Gasteiger partial charge in [0, 0.05) is 12.5 Å². The van der Waals surface area contributed by atoms with Crippen LogP contribution in [-0.4, -0.2) is 14.7 Å². The van der Waals surface area contributed by atoms with Gasteiger partial charge in [-0.2, -0.15) is 0 Å². The van der Waals surface area contributed by atoms with E-state index in [9.17, 15) is 8.78 Å². The number of rotatable bonds is 5. The highest BCUT2D eigenvalue weighted by atomic mass is 28.4. The van der Waals surface area contributed by atoms with Gasteiger partial charge in [-0.25, -0.2) is 8.78 Å². The molecule has 17 heavy (non-hydrogen) atoms. The molecule has 0 amide bonds. The van der Waals surface area contributed by atoms with Crippen molar-refractivity contribution in [2.24, 2.45) is 5.73 Å². The van der Waals surface area contributed by atoms with E-state index in [1.165, 1.54) is 0 Å². The number of alkyl halides is 2. The molecule has 0 saturated carbocycles. The number of halogens is 2. The SMILES string of the molecule is C[Si](C)(C)Oc1ccc([C@H](N)CC(F)F)cc1. The van der Waals surface area contributed by atoms with Gasteiger partial charge < -0.3 is 10.2 Å². The summed E-state index contributed by atoms with van der Waals surface area (Å²) in [5.41, 5.74) is 6.38. The third-order valence-corrected chi connectivity index (χ3v) is 3.01. The first-order chi connectivity index (χ1) is 7.78. The zero-order valence-electron chi connectivity index (χ0n) is 10.4. The van der Waals surface area contributed by atoms with Gasteiger partial charge in [-0.1, -0.05) is 12.1 Å². The van der Waals surface area contributed by atoms with Gasteiger partial charge in [-0.05, 0) is 37.3 Å². The molecule has 96 valence electrons. The Balaban J connectivity index is 2.67. The van der Waals surface area contributed by atoms with Crippen LogP contribution in [0.1, 0.15) is 18.0 Å². The third kappa shape index (κ3) is 5.28. The molecule has 0 radical (unpaired) electrons. The van der Waals surface area contributed by atoms with Crippen molar-refractivity contribution in [2.75, 3.05) is 0 Å². The minimum absolute atomic E-state index is 0.311. The van der Waals surface area contributed by atoms with Crippen LogP contribution in [0.2, 0.25) is 19.6 Å². The van der Waals surface area contributed by atoms with E-state index >= 15 is 0 Å². The Morgan fingerprint density at radius 1 is 1.18 bits per heavy atom. The third-order valence-electron chi connectivity index (χ3n) is 2.16. The smallest absolute Gasteiger partial charge is 0.242 e. The van der Waals surface area contributed by atoms with Gasteiger partial charge in [0.25, 0.3) is 0 Å². The summed E-state index contributed by atoms with van der Waals surface area (Å²) in [7, 11) is -1.62. The maximum absolute atomic E-state index is 12.2. The fourth-order valence-corrected chi connectivity index (χ4v) is 2.31. The topological polar surface area (TPSA) is 35.2 Å². The first-order valence-electron chi connectivity index (χ1n) is 5.60. The molecule has 0 bridgehead atoms. The number of benzene rings is 1. The second kappa shape index (κ2) is 5.60. The standard InChI is InChI=1S/C12H19F2NOSi/c1-17(2,3)16-10-6-4-9(5-7-10)11(15)8-12(13)14/h4-7,11-12H,8,15H2,1-3H3/t11-/m1/s1. The summed E-state index contributed by atoms with van der Waals surface area (Å²) in [6, 6.07) is 6.47. The van der Waals surface area contributed by atoms with E-state index in [4.69, 9.17) is 10.2 Å². The Morgan fingerprint density at radius 3 is 2.12 bits per heavy atom. The summed E-state index contributed by atoms with van der Waals surface area (Å²) in [6.07, 6.45) is -2.68. The van der Waals surface area contributed by atoms with Gasteiger partial charge >= 0.3 is 0 Å². The lowest BCUT2D eigenvalue weighted by atomic mass is 10.1. The molecule has 2 nitrogen and oxygen atoms in total. The van der Waals surface area contributed by atoms with E-state index in [2.05, 4.69) is 19.6 Å². The van der Waals surface area contributed by atoms with Crippen LogP contribution in [0.3, 0.4) is 0 Å². The zero-order chi connectivity index (χ0) is 13.1. The molecule has 1 rings (SSSR count). The number of nitrogens with two attached hydrogens (primary N) is 1. The Bertz CT molecular complexity index is 349. The van der Waals surface area contributed by atoms with Gasteiger partial charge in [0.1, 0.15) is 5.75 Å². The van der Waals surface area contributed by atoms with E-state index in [1.54, 1.807) is 24.3 Å². The largest absolute Gasteiger partial charge is 0.544 e. The van der Waals surface area contributed by atoms with Crippen LogP contribution < -0.4 is 10.2 Å². The highest BCUT2D eigenvalue weighted by molar-refractivity contribution is 6.70. The monoisotopic (exact) mass is 259 g/mol. The molecule has 0 aromatic heterocycles. The van der Waals surface area contributed by atoms with E-state index in [0.29, 0.717) is 5.56 Å². The number of hydrogen-bond acceptors (Lipinski definition) is 2. The van der Waals surface area contributed by atoms with Gasteiger partial charge in [0.05, 0.1) is 0 Å². The molecule has 1 aromatic rings. The lowest BCUT2D eigenvalue weighted by Crippen LogP contribution is -2.29. The summed E-state index contributed by atoms with van der Waals surface area (Å²) >= 11 is 0. The van der Waals surface area contributed by atoms with Crippen molar-refractivity contribution in [3.8, 4) is 5.75 Å². The summed E-state index contributed by atoms with van der Waals surface area (Å²) < 4.78 is 30.1. The van der Waals surface area contributed by atoms with Gasteiger partial charge in [-0.15, -0.1) is 0 Å². The van der Waals surface area contributed by atoms with E-state index < -0.39 is 20.8 Å². The van der Waals surface area contributed by atoms with Crippen LogP contribution in [-0.2, 0) is 0 Å². The van der Waals surface area contributed by atoms with E-state index in [-0.39, 0.29) is 6.42 Å². The van der Waals surface area contributed by atoms with Crippen LogP contribution in [0.4, 0.5) is 8.78 Å². The first-order valence-corrected chi connectivity index (χ1v) is 9.01. The van der Waals surface area contributed by atoms with Gasteiger partial charge in [-0.3, -0.25) is 0 Å². The van der Waals surface area contributed by atoms with E-state index in [0.717, 1.165) is 5.75 Å². The van der Waals surface area contributed by atoms with Crippen LogP contribution in [0, 0.1) is 0 Å². The Labute approximate surface area is 102 Å². The van der Waals surface area contributed by atoms with Crippen molar-refractivity contribution < 1.29 is 13.2 Å². The van der Waals surface area contributed by atoms with Crippen molar-refractivity contribution >= 4 is 8.32 Å². The van der Waals surface area contributed by atoms with Crippen molar-refractivity contribution in [3.63, 3.8) is 0 Å². The molecule has 0 fully saturated rings. The molecule has 1 aromatic carbocycles. The molecular weight excluding hydrogens is 240 g/mol. The molecule has 0 saturated heterocycles. The fourth-order valence-electron chi connectivity index (χ4n) is 1.46. The Morgan fingerprint density at radius 2 is 1.71 bits per heavy atom. The van der Waals surface area contributed by atoms with Crippen molar-refractivity contribution in [3.05, 3.63) is 29.8 Å². The minimum atomic E-state index is -2.37. The van der Waals surface area contributed by atoms with Gasteiger partial charge in [0.15, 0.2) is 0 Å². The molecule has 0 spiro atoms. The van der Waals surface area contributed by atoms with E-state index in [1.807, 2.05) is 0 Å². The second-order valence-corrected chi connectivity index (χ2v) is 9.45. The van der Waals surface area contributed by atoms with Crippen LogP contribution >= 0.6 is 0 Å². The summed E-state index contributed by atoms with van der Waals surface area (Å²) in [5, 5.41) is 0. The fraction of sp³-hybridized carbons (Fsp3) is 0.500. The lowest BCUT2D eigenvalue weighted by Gasteiger charge is -2.19. The Kier molecular flexibility index (Phi) is 4.65. The normalized spacial score (nSPS) is 13.8. The quantitative estimate of drug-likeness (QED) is 0.821. The summed E-state index contributed by atoms with van der Waals surface area (Å²) in [4.78, 5) is 0. The molecular formula is C12H19F2NOSi. The lowest BCUT2D eigenvalue weighted by molar-refractivity contribution is 0.128. The second-order valence-electron chi connectivity index (χ2n) is 5.02. The molecule has 0 unspecified atom stereocenters. The molecule has 5 heteroatoms. The average Bonchev–Trinajstić information content (AvgIpc) is 2.15. The zero-order valence-corrected chi connectivity index (χ0v) is 11.4. The van der Waals surface area contributed by atoms with Crippen LogP contribution in [0.25, 0.3) is 0 Å². The summed E-state index contributed by atoms with van der Waals surface area (Å²) in [5.74, 6) is 0.775. The predicted molar refractivity (Wildman–Crippen MR) is 68.0 cm³/mol. The maximum Gasteiger partial charge on any atom is 0.242 e.